The van der Waals surface area contributed by atoms with Gasteiger partial charge in [0.1, 0.15) is 11.6 Å². The number of ether oxygens (including phenoxy) is 1. The first-order chi connectivity index (χ1) is 14.2. The van der Waals surface area contributed by atoms with Gasteiger partial charge in [0.15, 0.2) is 6.61 Å². The molecule has 0 fully saturated rings. The van der Waals surface area contributed by atoms with Gasteiger partial charge in [-0.2, -0.15) is 18.2 Å². The molecule has 158 valence electrons. The SMILES string of the molecule is O=C(CCc1nc(-c2ccc(F)cc2)no1)Nc1cc(Cl)ccc1OCC(F)(F)F. The van der Waals surface area contributed by atoms with E-state index in [-0.39, 0.29) is 41.0 Å². The number of nitrogens with one attached hydrogen (secondary N) is 1. The quantitative estimate of drug-likeness (QED) is 0.517. The molecule has 11 heteroatoms. The van der Waals surface area contributed by atoms with Crippen molar-refractivity contribution < 1.29 is 31.6 Å². The summed E-state index contributed by atoms with van der Waals surface area (Å²) in [6.45, 7) is -1.51. The Morgan fingerprint density at radius 2 is 1.90 bits per heavy atom. The third-order valence-electron chi connectivity index (χ3n) is 3.74. The van der Waals surface area contributed by atoms with Crippen LogP contribution in [-0.4, -0.2) is 28.8 Å². The average Bonchev–Trinajstić information content (AvgIpc) is 3.15. The summed E-state index contributed by atoms with van der Waals surface area (Å²) >= 11 is 5.85. The molecule has 6 nitrogen and oxygen atoms in total. The van der Waals surface area contributed by atoms with Crippen molar-refractivity contribution in [3.8, 4) is 17.1 Å². The monoisotopic (exact) mass is 443 g/mol. The van der Waals surface area contributed by atoms with Crippen LogP contribution < -0.4 is 10.1 Å². The van der Waals surface area contributed by atoms with Crippen molar-refractivity contribution in [2.45, 2.75) is 19.0 Å². The van der Waals surface area contributed by atoms with Crippen LogP contribution in [-0.2, 0) is 11.2 Å². The number of alkyl halides is 3. The predicted octanol–water partition coefficient (Wildman–Crippen LogP) is 5.04. The summed E-state index contributed by atoms with van der Waals surface area (Å²) in [5.41, 5.74) is 0.551. The number of carbonyl (C=O) groups excluding carboxylic acids is 1. The van der Waals surface area contributed by atoms with Gasteiger partial charge < -0.3 is 14.6 Å². The number of benzene rings is 2. The number of nitrogens with zero attached hydrogens (tertiary/aromatic N) is 2. The molecule has 1 N–H and O–H groups in total. The highest BCUT2D eigenvalue weighted by Crippen LogP contribution is 2.30. The second-order valence-corrected chi connectivity index (χ2v) is 6.55. The number of anilines is 1. The Morgan fingerprint density at radius 1 is 1.17 bits per heavy atom. The van der Waals surface area contributed by atoms with Crippen LogP contribution in [0.1, 0.15) is 12.3 Å². The van der Waals surface area contributed by atoms with Crippen LogP contribution in [0.3, 0.4) is 0 Å². The summed E-state index contributed by atoms with van der Waals surface area (Å²) in [5.74, 6) is -0.678. The highest BCUT2D eigenvalue weighted by Gasteiger charge is 2.29. The first-order valence-corrected chi connectivity index (χ1v) is 8.95. The van der Waals surface area contributed by atoms with Gasteiger partial charge >= 0.3 is 6.18 Å². The number of halogens is 5. The lowest BCUT2D eigenvalue weighted by atomic mass is 10.2. The minimum absolute atomic E-state index is 0.00859. The van der Waals surface area contributed by atoms with Crippen LogP contribution in [0.5, 0.6) is 5.75 Å². The molecule has 0 saturated heterocycles. The Bertz CT molecular complexity index is 1020. The van der Waals surface area contributed by atoms with E-state index in [1.54, 1.807) is 0 Å². The maximum Gasteiger partial charge on any atom is 0.422 e. The van der Waals surface area contributed by atoms with E-state index < -0.39 is 24.5 Å². The fraction of sp³-hybridized carbons (Fsp3) is 0.211. The Morgan fingerprint density at radius 3 is 2.60 bits per heavy atom. The summed E-state index contributed by atoms with van der Waals surface area (Å²) in [6.07, 6.45) is -4.53. The van der Waals surface area contributed by atoms with Crippen molar-refractivity contribution in [1.29, 1.82) is 0 Å². The number of rotatable bonds is 7. The van der Waals surface area contributed by atoms with E-state index in [4.69, 9.17) is 20.9 Å². The van der Waals surface area contributed by atoms with Crippen LogP contribution >= 0.6 is 11.6 Å². The number of aromatic nitrogens is 2. The summed E-state index contributed by atoms with van der Waals surface area (Å²) in [5, 5.41) is 6.44. The Kier molecular flexibility index (Phi) is 6.56. The van der Waals surface area contributed by atoms with Gasteiger partial charge in [0.25, 0.3) is 0 Å². The van der Waals surface area contributed by atoms with Crippen molar-refractivity contribution in [2.24, 2.45) is 0 Å². The maximum atomic E-state index is 13.0. The average molecular weight is 444 g/mol. The second kappa shape index (κ2) is 9.12. The molecule has 1 aromatic heterocycles. The van der Waals surface area contributed by atoms with E-state index in [1.165, 1.54) is 42.5 Å². The molecule has 0 radical (unpaired) electrons. The molecule has 2 aromatic carbocycles. The van der Waals surface area contributed by atoms with Gasteiger partial charge in [-0.15, -0.1) is 0 Å². The summed E-state index contributed by atoms with van der Waals surface area (Å²) < 4.78 is 59.9. The Balaban J connectivity index is 1.60. The van der Waals surface area contributed by atoms with Crippen LogP contribution in [0.2, 0.25) is 5.02 Å². The van der Waals surface area contributed by atoms with Gasteiger partial charge in [0, 0.05) is 23.4 Å². The third-order valence-corrected chi connectivity index (χ3v) is 3.98. The zero-order chi connectivity index (χ0) is 21.7. The van der Waals surface area contributed by atoms with Crippen molar-refractivity contribution in [3.63, 3.8) is 0 Å². The van der Waals surface area contributed by atoms with Gasteiger partial charge in [0.05, 0.1) is 5.69 Å². The van der Waals surface area contributed by atoms with Crippen molar-refractivity contribution in [3.05, 3.63) is 59.2 Å². The highest BCUT2D eigenvalue weighted by molar-refractivity contribution is 6.31. The fourth-order valence-corrected chi connectivity index (χ4v) is 2.56. The zero-order valence-corrected chi connectivity index (χ0v) is 15.9. The summed E-state index contributed by atoms with van der Waals surface area (Å²) in [4.78, 5) is 16.3. The molecule has 0 bridgehead atoms. The minimum atomic E-state index is -4.53. The summed E-state index contributed by atoms with van der Waals surface area (Å²) in [7, 11) is 0. The number of aryl methyl sites for hydroxylation is 1. The number of amides is 1. The molecule has 0 aliphatic carbocycles. The van der Waals surface area contributed by atoms with Crippen molar-refractivity contribution in [2.75, 3.05) is 11.9 Å². The van der Waals surface area contributed by atoms with E-state index in [0.29, 0.717) is 5.56 Å². The first-order valence-electron chi connectivity index (χ1n) is 8.57. The lowest BCUT2D eigenvalue weighted by Crippen LogP contribution is -2.20. The topological polar surface area (TPSA) is 77.2 Å². The molecule has 1 heterocycles. The molecule has 0 aliphatic rings. The van der Waals surface area contributed by atoms with Gasteiger partial charge in [-0.3, -0.25) is 4.79 Å². The van der Waals surface area contributed by atoms with Gasteiger partial charge in [-0.1, -0.05) is 16.8 Å². The molecular weight excluding hydrogens is 430 g/mol. The van der Waals surface area contributed by atoms with Crippen LogP contribution in [0.4, 0.5) is 23.2 Å². The van der Waals surface area contributed by atoms with E-state index in [9.17, 15) is 22.4 Å². The molecule has 0 spiro atoms. The first kappa shape index (κ1) is 21.6. The number of hydrogen-bond donors (Lipinski definition) is 1. The number of hydrogen-bond acceptors (Lipinski definition) is 5. The number of carbonyl (C=O) groups is 1. The lowest BCUT2D eigenvalue weighted by Gasteiger charge is -2.14. The van der Waals surface area contributed by atoms with E-state index in [0.717, 1.165) is 0 Å². The zero-order valence-electron chi connectivity index (χ0n) is 15.2. The Hall–Kier alpha value is -3.14. The second-order valence-electron chi connectivity index (χ2n) is 6.11. The molecule has 0 aliphatic heterocycles. The predicted molar refractivity (Wildman–Crippen MR) is 99.6 cm³/mol. The van der Waals surface area contributed by atoms with E-state index in [2.05, 4.69) is 15.5 Å². The molecule has 0 saturated carbocycles. The minimum Gasteiger partial charge on any atom is -0.482 e. The fourth-order valence-electron chi connectivity index (χ4n) is 2.39. The van der Waals surface area contributed by atoms with Gasteiger partial charge in [-0.25, -0.2) is 4.39 Å². The smallest absolute Gasteiger partial charge is 0.422 e. The maximum absolute atomic E-state index is 13.0. The van der Waals surface area contributed by atoms with E-state index >= 15 is 0 Å². The highest BCUT2D eigenvalue weighted by atomic mass is 35.5. The van der Waals surface area contributed by atoms with Crippen molar-refractivity contribution in [1.82, 2.24) is 10.1 Å². The molecule has 3 rings (SSSR count). The normalized spacial score (nSPS) is 11.4. The summed E-state index contributed by atoms with van der Waals surface area (Å²) in [6, 6.07) is 9.33. The molecule has 3 aromatic rings. The Labute approximate surface area is 172 Å². The van der Waals surface area contributed by atoms with Gasteiger partial charge in [0.2, 0.25) is 17.6 Å². The molecular formula is C19H14ClF4N3O3. The standard InChI is InChI=1S/C19H14ClF4N3O3/c20-12-3-6-15(29-10-19(22,23)24)14(9-12)25-16(28)7-8-17-26-18(27-30-17)11-1-4-13(21)5-2-11/h1-6,9H,7-8,10H2,(H,25,28). The van der Waals surface area contributed by atoms with Crippen LogP contribution in [0.15, 0.2) is 47.0 Å². The van der Waals surface area contributed by atoms with E-state index in [1.807, 2.05) is 0 Å². The van der Waals surface area contributed by atoms with Crippen LogP contribution in [0, 0.1) is 5.82 Å². The third kappa shape index (κ3) is 6.18. The van der Waals surface area contributed by atoms with Crippen molar-refractivity contribution >= 4 is 23.2 Å². The molecule has 0 atom stereocenters. The van der Waals surface area contributed by atoms with Crippen LogP contribution in [0.25, 0.3) is 11.4 Å². The molecule has 0 unspecified atom stereocenters. The van der Waals surface area contributed by atoms with Gasteiger partial charge in [-0.05, 0) is 42.5 Å². The largest absolute Gasteiger partial charge is 0.482 e. The lowest BCUT2D eigenvalue weighted by molar-refractivity contribution is -0.153. The molecule has 30 heavy (non-hydrogen) atoms. The molecule has 1 amide bonds.